The van der Waals surface area contributed by atoms with Gasteiger partial charge in [0.15, 0.2) is 0 Å². The molecule has 1 heterocycles. The van der Waals surface area contributed by atoms with Crippen LogP contribution >= 0.6 is 0 Å². The van der Waals surface area contributed by atoms with E-state index in [1.807, 2.05) is 0 Å². The highest BCUT2D eigenvalue weighted by molar-refractivity contribution is 5.73. The van der Waals surface area contributed by atoms with Crippen molar-refractivity contribution in [1.82, 2.24) is 0 Å². The fourth-order valence-corrected chi connectivity index (χ4v) is 3.21. The van der Waals surface area contributed by atoms with E-state index in [1.54, 1.807) is 0 Å². The number of carbonyl (C=O) groups is 1. The molecule has 0 bridgehead atoms. The molecule has 0 aromatic heterocycles. The monoisotopic (exact) mass is 240 g/mol. The second kappa shape index (κ2) is 5.38. The summed E-state index contributed by atoms with van der Waals surface area (Å²) in [5.74, 6) is 0.782. The molecule has 1 saturated heterocycles. The third-order valence-electron chi connectivity index (χ3n) is 4.47. The maximum atomic E-state index is 12.1. The summed E-state index contributed by atoms with van der Waals surface area (Å²) in [6.45, 7) is 6.54. The molecule has 17 heavy (non-hydrogen) atoms. The molecule has 3 heteroatoms. The Morgan fingerprint density at radius 1 is 1.12 bits per heavy atom. The van der Waals surface area contributed by atoms with E-state index < -0.39 is 0 Å². The second-order valence-corrected chi connectivity index (χ2v) is 6.15. The molecule has 0 amide bonds. The van der Waals surface area contributed by atoms with Crippen LogP contribution in [-0.2, 0) is 9.53 Å². The van der Waals surface area contributed by atoms with E-state index in [2.05, 4.69) is 19.2 Å². The van der Waals surface area contributed by atoms with Crippen molar-refractivity contribution >= 4 is 5.97 Å². The summed E-state index contributed by atoms with van der Waals surface area (Å²) in [6.07, 6.45) is 6.80. The first kappa shape index (κ1) is 12.9. The minimum absolute atomic E-state index is 0.0575. The maximum Gasteiger partial charge on any atom is 0.309 e. The van der Waals surface area contributed by atoms with Gasteiger partial charge >= 0.3 is 5.97 Å². The summed E-state index contributed by atoms with van der Waals surface area (Å²) >= 11 is 0. The van der Waals surface area contributed by atoms with E-state index in [4.69, 9.17) is 4.74 Å². The first-order valence-electron chi connectivity index (χ1n) is 7.14. The molecule has 2 rings (SSSR count). The van der Waals surface area contributed by atoms with Gasteiger partial charge in [-0.1, -0.05) is 12.8 Å². The van der Waals surface area contributed by atoms with Crippen molar-refractivity contribution in [3.8, 4) is 0 Å². The van der Waals surface area contributed by atoms with Gasteiger partial charge in [0.1, 0.15) is 5.60 Å². The minimum atomic E-state index is -0.270. The van der Waals surface area contributed by atoms with Gasteiger partial charge in [0.25, 0.3) is 0 Å². The summed E-state index contributed by atoms with van der Waals surface area (Å²) in [5, 5.41) is 2.35. The molecule has 2 N–H and O–H groups in total. The van der Waals surface area contributed by atoms with E-state index in [0.29, 0.717) is 5.92 Å². The zero-order valence-electron chi connectivity index (χ0n) is 11.2. The van der Waals surface area contributed by atoms with Crippen LogP contribution in [0.15, 0.2) is 0 Å². The Labute approximate surface area is 104 Å². The van der Waals surface area contributed by atoms with Crippen LogP contribution in [0.2, 0.25) is 0 Å². The van der Waals surface area contributed by atoms with E-state index in [-0.39, 0.29) is 17.5 Å². The van der Waals surface area contributed by atoms with Gasteiger partial charge < -0.3 is 10.1 Å². The van der Waals surface area contributed by atoms with Crippen LogP contribution in [0.3, 0.4) is 0 Å². The number of esters is 1. The highest BCUT2D eigenvalue weighted by atomic mass is 16.6. The summed E-state index contributed by atoms with van der Waals surface area (Å²) in [7, 11) is 0. The van der Waals surface area contributed by atoms with Gasteiger partial charge in [0.2, 0.25) is 0 Å². The van der Waals surface area contributed by atoms with Crippen molar-refractivity contribution in [1.29, 1.82) is 0 Å². The van der Waals surface area contributed by atoms with Gasteiger partial charge in [-0.2, -0.15) is 0 Å². The fraction of sp³-hybridized carbons (Fsp3) is 0.929. The topological polar surface area (TPSA) is 42.9 Å². The molecule has 2 fully saturated rings. The Bertz CT molecular complexity index is 263. The molecule has 3 nitrogen and oxygen atoms in total. The molecule has 98 valence electrons. The lowest BCUT2D eigenvalue weighted by molar-refractivity contribution is -0.665. The molecule has 0 atom stereocenters. The van der Waals surface area contributed by atoms with Crippen molar-refractivity contribution in [2.75, 3.05) is 13.1 Å². The molecule has 0 aromatic rings. The van der Waals surface area contributed by atoms with Gasteiger partial charge in [0.05, 0.1) is 19.0 Å². The van der Waals surface area contributed by atoms with Crippen LogP contribution in [0.1, 0.15) is 52.4 Å². The van der Waals surface area contributed by atoms with E-state index in [0.717, 1.165) is 12.8 Å². The third-order valence-corrected chi connectivity index (χ3v) is 4.47. The van der Waals surface area contributed by atoms with Crippen molar-refractivity contribution < 1.29 is 14.8 Å². The van der Waals surface area contributed by atoms with Gasteiger partial charge in [0, 0.05) is 18.8 Å². The fourth-order valence-electron chi connectivity index (χ4n) is 3.21. The van der Waals surface area contributed by atoms with Crippen LogP contribution in [0.4, 0.5) is 0 Å². The SMILES string of the molecule is CC(C)(OC(=O)C1CCCC1)C1CC[NH2+]CC1. The molecule has 1 aliphatic heterocycles. The number of piperidine rings is 1. The van der Waals surface area contributed by atoms with Crippen LogP contribution < -0.4 is 5.32 Å². The Morgan fingerprint density at radius 2 is 1.71 bits per heavy atom. The number of hydrogen-bond donors (Lipinski definition) is 1. The Morgan fingerprint density at radius 3 is 2.29 bits per heavy atom. The first-order chi connectivity index (χ1) is 8.09. The summed E-state index contributed by atoms with van der Waals surface area (Å²) in [5.41, 5.74) is -0.270. The van der Waals surface area contributed by atoms with Crippen LogP contribution in [-0.4, -0.2) is 24.7 Å². The summed E-state index contributed by atoms with van der Waals surface area (Å²) in [6, 6.07) is 0. The zero-order valence-corrected chi connectivity index (χ0v) is 11.2. The van der Waals surface area contributed by atoms with E-state index in [1.165, 1.54) is 38.8 Å². The van der Waals surface area contributed by atoms with E-state index in [9.17, 15) is 4.79 Å². The van der Waals surface area contributed by atoms with E-state index >= 15 is 0 Å². The molecule has 0 aromatic carbocycles. The molecule has 1 aliphatic carbocycles. The number of nitrogens with two attached hydrogens (primary N) is 1. The van der Waals surface area contributed by atoms with Gasteiger partial charge in [-0.3, -0.25) is 4.79 Å². The molecular formula is C14H26NO2+. The van der Waals surface area contributed by atoms with Gasteiger partial charge in [-0.05, 0) is 26.7 Å². The lowest BCUT2D eigenvalue weighted by Gasteiger charge is -2.36. The van der Waals surface area contributed by atoms with Gasteiger partial charge in [-0.25, -0.2) is 0 Å². The molecule has 0 radical (unpaired) electrons. The molecule has 0 spiro atoms. The quantitative estimate of drug-likeness (QED) is 0.759. The zero-order chi connectivity index (χ0) is 12.3. The highest BCUT2D eigenvalue weighted by Gasteiger charge is 2.37. The normalized spacial score (nSPS) is 23.9. The van der Waals surface area contributed by atoms with Crippen molar-refractivity contribution in [3.63, 3.8) is 0 Å². The maximum absolute atomic E-state index is 12.1. The lowest BCUT2D eigenvalue weighted by atomic mass is 9.83. The summed E-state index contributed by atoms with van der Waals surface area (Å²) < 4.78 is 5.81. The predicted octanol–water partition coefficient (Wildman–Crippen LogP) is 1.47. The predicted molar refractivity (Wildman–Crippen MR) is 66.5 cm³/mol. The third kappa shape index (κ3) is 3.21. The Kier molecular flexibility index (Phi) is 4.08. The number of hydrogen-bond acceptors (Lipinski definition) is 2. The molecule has 2 aliphatic rings. The average molecular weight is 240 g/mol. The number of carbonyl (C=O) groups excluding carboxylic acids is 1. The highest BCUT2D eigenvalue weighted by Crippen LogP contribution is 2.32. The second-order valence-electron chi connectivity index (χ2n) is 6.15. The van der Waals surface area contributed by atoms with Crippen LogP contribution in [0, 0.1) is 11.8 Å². The van der Waals surface area contributed by atoms with Crippen LogP contribution in [0.5, 0.6) is 0 Å². The standard InChI is InChI=1S/C14H25NO2/c1-14(2,12-7-9-15-10-8-12)17-13(16)11-5-3-4-6-11/h11-12,15H,3-10H2,1-2H3/p+1. The minimum Gasteiger partial charge on any atom is -0.459 e. The Balaban J connectivity index is 1.88. The number of rotatable bonds is 3. The van der Waals surface area contributed by atoms with Crippen molar-refractivity contribution in [2.24, 2.45) is 11.8 Å². The number of ether oxygens (including phenoxy) is 1. The van der Waals surface area contributed by atoms with Gasteiger partial charge in [-0.15, -0.1) is 0 Å². The average Bonchev–Trinajstić information content (AvgIpc) is 2.83. The largest absolute Gasteiger partial charge is 0.459 e. The Hall–Kier alpha value is -0.570. The van der Waals surface area contributed by atoms with Crippen LogP contribution in [0.25, 0.3) is 0 Å². The summed E-state index contributed by atoms with van der Waals surface area (Å²) in [4.78, 5) is 12.1. The molecule has 0 unspecified atom stereocenters. The number of quaternary nitrogens is 1. The van der Waals surface area contributed by atoms with Crippen molar-refractivity contribution in [2.45, 2.75) is 58.0 Å². The molecular weight excluding hydrogens is 214 g/mol. The first-order valence-corrected chi connectivity index (χ1v) is 7.14. The lowest BCUT2D eigenvalue weighted by Crippen LogP contribution is -2.86. The smallest absolute Gasteiger partial charge is 0.309 e. The van der Waals surface area contributed by atoms with Crippen molar-refractivity contribution in [3.05, 3.63) is 0 Å². The molecule has 1 saturated carbocycles.